The van der Waals surface area contributed by atoms with Crippen molar-refractivity contribution in [2.24, 2.45) is 0 Å². The minimum Gasteiger partial charge on any atom is -0.480 e. The first-order valence-corrected chi connectivity index (χ1v) is 7.02. The second-order valence-corrected chi connectivity index (χ2v) is 5.14. The first kappa shape index (κ1) is 16.7. The van der Waals surface area contributed by atoms with Gasteiger partial charge in [0.15, 0.2) is 0 Å². The number of hydrogen-bond donors (Lipinski definition) is 2. The highest BCUT2D eigenvalue weighted by molar-refractivity contribution is 5.82. The minimum absolute atomic E-state index is 0.0330. The Kier molecular flexibility index (Phi) is 6.74. The fourth-order valence-corrected chi connectivity index (χ4v) is 2.28. The van der Waals surface area contributed by atoms with Gasteiger partial charge in [-0.05, 0) is 13.3 Å². The number of carbonyl (C=O) groups excluding carboxylic acids is 1. The van der Waals surface area contributed by atoms with Crippen molar-refractivity contribution in [3.05, 3.63) is 0 Å². The molecule has 7 heteroatoms. The van der Waals surface area contributed by atoms with Crippen LogP contribution in [0.1, 0.15) is 20.3 Å². The molecule has 2 N–H and O–H groups in total. The van der Waals surface area contributed by atoms with Crippen LogP contribution in [0.4, 0.5) is 4.79 Å². The molecule has 116 valence electrons. The van der Waals surface area contributed by atoms with Gasteiger partial charge in [0.2, 0.25) is 0 Å². The number of carboxylic acids is 1. The second kappa shape index (κ2) is 8.06. The molecule has 1 fully saturated rings. The van der Waals surface area contributed by atoms with E-state index in [1.807, 2.05) is 6.92 Å². The Bertz CT molecular complexity index is 332. The number of carbonyl (C=O) groups is 2. The van der Waals surface area contributed by atoms with E-state index in [4.69, 9.17) is 9.84 Å². The maximum atomic E-state index is 12.0. The van der Waals surface area contributed by atoms with Crippen LogP contribution in [-0.4, -0.2) is 78.9 Å². The molecule has 1 rings (SSSR count). The third kappa shape index (κ3) is 4.97. The lowest BCUT2D eigenvalue weighted by Crippen LogP contribution is -2.52. The predicted molar refractivity (Wildman–Crippen MR) is 74.7 cm³/mol. The van der Waals surface area contributed by atoms with Gasteiger partial charge in [0.05, 0.1) is 13.2 Å². The molecule has 2 amide bonds. The molecule has 1 saturated heterocycles. The largest absolute Gasteiger partial charge is 0.480 e. The Morgan fingerprint density at radius 2 is 2.00 bits per heavy atom. The van der Waals surface area contributed by atoms with Crippen LogP contribution in [0.25, 0.3) is 0 Å². The molecule has 0 saturated carbocycles. The normalized spacial score (nSPS) is 19.1. The summed E-state index contributed by atoms with van der Waals surface area (Å²) < 4.78 is 5.27. The summed E-state index contributed by atoms with van der Waals surface area (Å²) in [7, 11) is 1.51. The van der Waals surface area contributed by atoms with Gasteiger partial charge >= 0.3 is 12.0 Å². The average Bonchev–Trinajstić information content (AvgIpc) is 2.39. The van der Waals surface area contributed by atoms with Crippen molar-refractivity contribution in [2.45, 2.75) is 32.4 Å². The fraction of sp³-hybridized carbons (Fsp3) is 0.846. The van der Waals surface area contributed by atoms with Crippen molar-refractivity contribution in [3.63, 3.8) is 0 Å². The smallest absolute Gasteiger partial charge is 0.326 e. The molecule has 0 spiro atoms. The molecule has 0 bridgehead atoms. The van der Waals surface area contributed by atoms with Gasteiger partial charge in [0.25, 0.3) is 0 Å². The Balaban J connectivity index is 2.41. The van der Waals surface area contributed by atoms with Crippen LogP contribution in [0.2, 0.25) is 0 Å². The zero-order chi connectivity index (χ0) is 15.1. The summed E-state index contributed by atoms with van der Waals surface area (Å²) in [6.45, 7) is 7.58. The van der Waals surface area contributed by atoms with Crippen LogP contribution in [-0.2, 0) is 9.53 Å². The first-order valence-electron chi connectivity index (χ1n) is 7.02. The lowest BCUT2D eigenvalue weighted by Gasteiger charge is -2.31. The van der Waals surface area contributed by atoms with Crippen LogP contribution in [0, 0.1) is 0 Å². The van der Waals surface area contributed by atoms with Crippen LogP contribution in [0.5, 0.6) is 0 Å². The highest BCUT2D eigenvalue weighted by Crippen LogP contribution is 2.04. The Labute approximate surface area is 119 Å². The Morgan fingerprint density at radius 3 is 2.50 bits per heavy atom. The summed E-state index contributed by atoms with van der Waals surface area (Å²) in [6, 6.07) is -1.17. The van der Waals surface area contributed by atoms with Gasteiger partial charge < -0.3 is 20.1 Å². The number of amides is 2. The highest BCUT2D eigenvalue weighted by atomic mass is 16.5. The second-order valence-electron chi connectivity index (χ2n) is 5.14. The quantitative estimate of drug-likeness (QED) is 0.730. The molecular formula is C13H25N3O4. The summed E-state index contributed by atoms with van der Waals surface area (Å²) in [5, 5.41) is 11.9. The zero-order valence-electron chi connectivity index (χ0n) is 12.5. The molecular weight excluding hydrogens is 262 g/mol. The standard InChI is InChI=1S/C13H25N3O4/c1-4-11(12(17)18)15(3)13(19)14-10(2)9-16-5-7-20-8-6-16/h10-11H,4-9H2,1-3H3,(H,14,19)(H,17,18). The van der Waals surface area contributed by atoms with E-state index in [-0.39, 0.29) is 12.1 Å². The third-order valence-electron chi connectivity index (χ3n) is 3.47. The summed E-state index contributed by atoms with van der Waals surface area (Å²) in [6.07, 6.45) is 0.386. The zero-order valence-corrected chi connectivity index (χ0v) is 12.5. The lowest BCUT2D eigenvalue weighted by atomic mass is 10.2. The van der Waals surface area contributed by atoms with Gasteiger partial charge in [-0.25, -0.2) is 9.59 Å². The molecule has 20 heavy (non-hydrogen) atoms. The maximum absolute atomic E-state index is 12.0. The van der Waals surface area contributed by atoms with E-state index in [9.17, 15) is 9.59 Å². The number of likely N-dealkylation sites (N-methyl/N-ethyl adjacent to an activating group) is 1. The number of nitrogens with zero attached hydrogens (tertiary/aromatic N) is 2. The molecule has 0 aromatic rings. The molecule has 0 radical (unpaired) electrons. The fourth-order valence-electron chi connectivity index (χ4n) is 2.28. The summed E-state index contributed by atoms with van der Waals surface area (Å²) >= 11 is 0. The van der Waals surface area contributed by atoms with Gasteiger partial charge in [-0.2, -0.15) is 0 Å². The van der Waals surface area contributed by atoms with Crippen LogP contribution < -0.4 is 5.32 Å². The van der Waals surface area contributed by atoms with Gasteiger partial charge in [-0.15, -0.1) is 0 Å². The number of nitrogens with one attached hydrogen (secondary N) is 1. The maximum Gasteiger partial charge on any atom is 0.326 e. The number of aliphatic carboxylic acids is 1. The summed E-state index contributed by atoms with van der Waals surface area (Å²) in [5.74, 6) is -0.981. The van der Waals surface area contributed by atoms with Gasteiger partial charge in [0, 0.05) is 32.7 Å². The lowest BCUT2D eigenvalue weighted by molar-refractivity contribution is -0.141. The molecule has 2 unspecified atom stereocenters. The third-order valence-corrected chi connectivity index (χ3v) is 3.47. The van der Waals surface area contributed by atoms with Gasteiger partial charge in [-0.1, -0.05) is 6.92 Å². The van der Waals surface area contributed by atoms with Crippen molar-refractivity contribution in [2.75, 3.05) is 39.9 Å². The van der Waals surface area contributed by atoms with Crippen molar-refractivity contribution < 1.29 is 19.4 Å². The number of hydrogen-bond acceptors (Lipinski definition) is 4. The van der Waals surface area contributed by atoms with Crippen molar-refractivity contribution in [1.29, 1.82) is 0 Å². The predicted octanol–water partition coefficient (Wildman–Crippen LogP) is 0.212. The molecule has 0 aromatic carbocycles. The minimum atomic E-state index is -0.981. The van der Waals surface area contributed by atoms with Gasteiger partial charge in [-0.3, -0.25) is 4.90 Å². The SMILES string of the molecule is CCC(C(=O)O)N(C)C(=O)NC(C)CN1CCOCC1. The van der Waals surface area contributed by atoms with E-state index >= 15 is 0 Å². The highest BCUT2D eigenvalue weighted by Gasteiger charge is 2.25. The first-order chi connectivity index (χ1) is 9.45. The molecule has 0 aromatic heterocycles. The average molecular weight is 287 g/mol. The Morgan fingerprint density at radius 1 is 1.40 bits per heavy atom. The Hall–Kier alpha value is -1.34. The molecule has 2 atom stereocenters. The van der Waals surface area contributed by atoms with E-state index in [1.54, 1.807) is 6.92 Å². The molecule has 1 aliphatic rings. The van der Waals surface area contributed by atoms with E-state index in [2.05, 4.69) is 10.2 Å². The van der Waals surface area contributed by atoms with Crippen LogP contribution in [0.3, 0.4) is 0 Å². The molecule has 1 aliphatic heterocycles. The van der Waals surface area contributed by atoms with E-state index in [1.165, 1.54) is 11.9 Å². The number of carboxylic acid groups (broad SMARTS) is 1. The number of urea groups is 1. The van der Waals surface area contributed by atoms with Crippen LogP contribution in [0.15, 0.2) is 0 Å². The van der Waals surface area contributed by atoms with Crippen LogP contribution >= 0.6 is 0 Å². The van der Waals surface area contributed by atoms with Crippen molar-refractivity contribution >= 4 is 12.0 Å². The molecule has 1 heterocycles. The summed E-state index contributed by atoms with van der Waals surface area (Å²) in [5.41, 5.74) is 0. The number of rotatable bonds is 6. The van der Waals surface area contributed by atoms with E-state index < -0.39 is 12.0 Å². The topological polar surface area (TPSA) is 82.1 Å². The molecule has 7 nitrogen and oxygen atoms in total. The van der Waals surface area contributed by atoms with E-state index in [0.717, 1.165) is 32.8 Å². The van der Waals surface area contributed by atoms with Crippen molar-refractivity contribution in [3.8, 4) is 0 Å². The monoisotopic (exact) mass is 287 g/mol. The number of morpholine rings is 1. The molecule has 0 aliphatic carbocycles. The van der Waals surface area contributed by atoms with E-state index in [0.29, 0.717) is 6.42 Å². The van der Waals surface area contributed by atoms with Gasteiger partial charge in [0.1, 0.15) is 6.04 Å². The van der Waals surface area contributed by atoms with Crippen molar-refractivity contribution in [1.82, 2.24) is 15.1 Å². The summed E-state index contributed by atoms with van der Waals surface area (Å²) in [4.78, 5) is 26.5. The number of ether oxygens (including phenoxy) is 1.